The molecule has 1 saturated heterocycles. The summed E-state index contributed by atoms with van der Waals surface area (Å²) in [6.45, 7) is 4.81. The van der Waals surface area contributed by atoms with Crippen molar-refractivity contribution in [3.8, 4) is 0 Å². The zero-order valence-corrected chi connectivity index (χ0v) is 13.4. The van der Waals surface area contributed by atoms with E-state index < -0.39 is 10.0 Å². The van der Waals surface area contributed by atoms with Crippen molar-refractivity contribution < 1.29 is 13.2 Å². The Labute approximate surface area is 124 Å². The summed E-state index contributed by atoms with van der Waals surface area (Å²) in [6, 6.07) is 3.75. The Bertz CT molecular complexity index is 572. The van der Waals surface area contributed by atoms with Gasteiger partial charge >= 0.3 is 0 Å². The number of likely N-dealkylation sites (tertiary alicyclic amines) is 1. The van der Waals surface area contributed by atoms with Crippen molar-refractivity contribution >= 4 is 27.3 Å². The van der Waals surface area contributed by atoms with Gasteiger partial charge in [-0.15, -0.1) is 11.3 Å². The summed E-state index contributed by atoms with van der Waals surface area (Å²) < 4.78 is 25.7. The third-order valence-electron chi connectivity index (χ3n) is 3.46. The first-order valence-corrected chi connectivity index (χ1v) is 9.24. The number of sulfonamides is 1. The van der Waals surface area contributed by atoms with E-state index in [1.165, 1.54) is 11.3 Å². The van der Waals surface area contributed by atoms with Crippen molar-refractivity contribution in [3.05, 3.63) is 21.9 Å². The summed E-state index contributed by atoms with van der Waals surface area (Å²) >= 11 is 1.50. The van der Waals surface area contributed by atoms with Gasteiger partial charge in [0.05, 0.1) is 10.6 Å². The molecule has 0 aliphatic carbocycles. The van der Waals surface area contributed by atoms with Crippen molar-refractivity contribution in [1.82, 2.24) is 9.62 Å². The van der Waals surface area contributed by atoms with Crippen molar-refractivity contribution in [1.29, 1.82) is 0 Å². The van der Waals surface area contributed by atoms with Gasteiger partial charge in [0.15, 0.2) is 0 Å². The molecule has 2 rings (SSSR count). The van der Waals surface area contributed by atoms with E-state index in [4.69, 9.17) is 0 Å². The second-order valence-corrected chi connectivity index (χ2v) is 8.33. The summed E-state index contributed by atoms with van der Waals surface area (Å²) in [5, 5.41) is 0. The van der Waals surface area contributed by atoms with Gasteiger partial charge in [0.25, 0.3) is 5.91 Å². The molecule has 0 spiro atoms. The maximum atomic E-state index is 12.3. The molecule has 1 aromatic heterocycles. The molecule has 5 nitrogen and oxygen atoms in total. The van der Waals surface area contributed by atoms with Crippen LogP contribution in [0.25, 0.3) is 0 Å². The minimum Gasteiger partial charge on any atom is -0.338 e. The molecule has 2 heterocycles. The van der Waals surface area contributed by atoms with Gasteiger partial charge in [0, 0.05) is 24.0 Å². The van der Waals surface area contributed by atoms with Gasteiger partial charge in [-0.3, -0.25) is 4.79 Å². The smallest absolute Gasteiger partial charge is 0.263 e. The lowest BCUT2D eigenvalue weighted by atomic mass is 10.1. The van der Waals surface area contributed by atoms with Crippen molar-refractivity contribution in [2.45, 2.75) is 32.7 Å². The lowest BCUT2D eigenvalue weighted by molar-refractivity contribution is 0.0716. The zero-order chi connectivity index (χ0) is 14.8. The van der Waals surface area contributed by atoms with Crippen molar-refractivity contribution in [3.63, 3.8) is 0 Å². The molecule has 112 valence electrons. The number of nitrogens with zero attached hydrogens (tertiary/aromatic N) is 1. The van der Waals surface area contributed by atoms with Crippen LogP contribution in [0.2, 0.25) is 0 Å². The van der Waals surface area contributed by atoms with Gasteiger partial charge in [-0.05, 0) is 38.8 Å². The molecule has 7 heteroatoms. The van der Waals surface area contributed by atoms with Crippen molar-refractivity contribution in [2.75, 3.05) is 18.8 Å². The minimum atomic E-state index is -3.16. The molecule has 0 atom stereocenters. The minimum absolute atomic E-state index is 0.0472. The summed E-state index contributed by atoms with van der Waals surface area (Å²) in [7, 11) is -3.16. The first-order chi connectivity index (χ1) is 9.41. The number of hydrogen-bond donors (Lipinski definition) is 1. The first kappa shape index (κ1) is 15.5. The number of thiophene rings is 1. The van der Waals surface area contributed by atoms with Crippen LogP contribution in [0.1, 0.15) is 34.3 Å². The predicted molar refractivity (Wildman–Crippen MR) is 80.6 cm³/mol. The largest absolute Gasteiger partial charge is 0.338 e. The molecule has 1 aromatic rings. The van der Waals surface area contributed by atoms with Gasteiger partial charge < -0.3 is 4.90 Å². The van der Waals surface area contributed by atoms with Gasteiger partial charge in [-0.25, -0.2) is 13.1 Å². The van der Waals surface area contributed by atoms with E-state index in [1.807, 2.05) is 24.0 Å². The lowest BCUT2D eigenvalue weighted by Gasteiger charge is -2.31. The summed E-state index contributed by atoms with van der Waals surface area (Å²) in [4.78, 5) is 15.9. The fourth-order valence-electron chi connectivity index (χ4n) is 2.24. The molecule has 1 N–H and O–H groups in total. The van der Waals surface area contributed by atoms with Crippen LogP contribution in [0.15, 0.2) is 12.1 Å². The van der Waals surface area contributed by atoms with E-state index in [-0.39, 0.29) is 17.7 Å². The summed E-state index contributed by atoms with van der Waals surface area (Å²) in [5.74, 6) is 0.153. The molecule has 1 amide bonds. The van der Waals surface area contributed by atoms with E-state index in [2.05, 4.69) is 4.72 Å². The normalized spacial score (nSPS) is 17.4. The molecule has 20 heavy (non-hydrogen) atoms. The number of amides is 1. The number of rotatable bonds is 4. The van der Waals surface area contributed by atoms with Crippen LogP contribution in [0, 0.1) is 6.92 Å². The zero-order valence-electron chi connectivity index (χ0n) is 11.8. The maximum absolute atomic E-state index is 12.3. The van der Waals surface area contributed by atoms with Crippen LogP contribution in [-0.4, -0.2) is 44.1 Å². The van der Waals surface area contributed by atoms with Gasteiger partial charge in [-0.2, -0.15) is 0 Å². The number of piperidine rings is 1. The molecule has 0 aromatic carbocycles. The second kappa shape index (κ2) is 6.24. The van der Waals surface area contributed by atoms with E-state index in [0.29, 0.717) is 25.9 Å². The third kappa shape index (κ3) is 3.80. The van der Waals surface area contributed by atoms with Crippen LogP contribution in [0.3, 0.4) is 0 Å². The SMILES string of the molecule is CCS(=O)(=O)NC1CCN(C(=O)c2ccc(C)s2)CC1. The summed E-state index contributed by atoms with van der Waals surface area (Å²) in [5.41, 5.74) is 0. The average molecular weight is 316 g/mol. The number of aryl methyl sites for hydroxylation is 1. The average Bonchev–Trinajstić information content (AvgIpc) is 2.85. The molecule has 1 fully saturated rings. The van der Waals surface area contributed by atoms with Crippen LogP contribution in [-0.2, 0) is 10.0 Å². The van der Waals surface area contributed by atoms with E-state index >= 15 is 0 Å². The highest BCUT2D eigenvalue weighted by atomic mass is 32.2. The van der Waals surface area contributed by atoms with Crippen LogP contribution >= 0.6 is 11.3 Å². The van der Waals surface area contributed by atoms with Gasteiger partial charge in [0.1, 0.15) is 0 Å². The number of carbonyl (C=O) groups excluding carboxylic acids is 1. The number of hydrogen-bond acceptors (Lipinski definition) is 4. The second-order valence-electron chi connectivity index (χ2n) is 5.00. The molecule has 1 aliphatic rings. The van der Waals surface area contributed by atoms with Crippen LogP contribution in [0.5, 0.6) is 0 Å². The van der Waals surface area contributed by atoms with Crippen molar-refractivity contribution in [2.24, 2.45) is 0 Å². The molecule has 0 radical (unpaired) electrons. The van der Waals surface area contributed by atoms with Gasteiger partial charge in [0.2, 0.25) is 10.0 Å². The number of carbonyl (C=O) groups is 1. The monoisotopic (exact) mass is 316 g/mol. The Kier molecular flexibility index (Phi) is 4.82. The Hall–Kier alpha value is -0.920. The Morgan fingerprint density at radius 2 is 2.05 bits per heavy atom. The molecule has 0 saturated carbocycles. The molecular formula is C13H20N2O3S2. The molecular weight excluding hydrogens is 296 g/mol. The highest BCUT2D eigenvalue weighted by Crippen LogP contribution is 2.20. The van der Waals surface area contributed by atoms with E-state index in [0.717, 1.165) is 9.75 Å². The van der Waals surface area contributed by atoms with E-state index in [1.54, 1.807) is 6.92 Å². The highest BCUT2D eigenvalue weighted by molar-refractivity contribution is 7.89. The van der Waals surface area contributed by atoms with Crippen LogP contribution < -0.4 is 4.72 Å². The standard InChI is InChI=1S/C13H20N2O3S2/c1-3-20(17,18)14-11-6-8-15(9-7-11)13(16)12-5-4-10(2)19-12/h4-5,11,14H,3,6-9H2,1-2H3. The highest BCUT2D eigenvalue weighted by Gasteiger charge is 2.26. The number of nitrogens with one attached hydrogen (secondary N) is 1. The Morgan fingerprint density at radius 1 is 1.40 bits per heavy atom. The van der Waals surface area contributed by atoms with Crippen LogP contribution in [0.4, 0.5) is 0 Å². The Balaban J connectivity index is 1.90. The van der Waals surface area contributed by atoms with E-state index in [9.17, 15) is 13.2 Å². The molecule has 0 unspecified atom stereocenters. The first-order valence-electron chi connectivity index (χ1n) is 6.77. The maximum Gasteiger partial charge on any atom is 0.263 e. The molecule has 1 aliphatic heterocycles. The fourth-order valence-corrected chi connectivity index (χ4v) is 3.99. The topological polar surface area (TPSA) is 66.5 Å². The summed E-state index contributed by atoms with van der Waals surface area (Å²) in [6.07, 6.45) is 1.35. The lowest BCUT2D eigenvalue weighted by Crippen LogP contribution is -2.46. The fraction of sp³-hybridized carbons (Fsp3) is 0.615. The van der Waals surface area contributed by atoms with Gasteiger partial charge in [-0.1, -0.05) is 0 Å². The third-order valence-corrected chi connectivity index (χ3v) is 5.90. The Morgan fingerprint density at radius 3 is 2.55 bits per heavy atom. The quantitative estimate of drug-likeness (QED) is 0.917. The molecule has 0 bridgehead atoms. The predicted octanol–water partition coefficient (Wildman–Crippen LogP) is 1.60.